The van der Waals surface area contributed by atoms with Crippen molar-refractivity contribution >= 4 is 34.4 Å². The second-order valence-corrected chi connectivity index (χ2v) is 7.15. The molecule has 1 amide bonds. The zero-order valence-corrected chi connectivity index (χ0v) is 16.0. The van der Waals surface area contributed by atoms with Crippen LogP contribution < -0.4 is 10.6 Å². The summed E-state index contributed by atoms with van der Waals surface area (Å²) in [6.45, 7) is 1.84. The lowest BCUT2D eigenvalue weighted by Gasteiger charge is -2.10. The fraction of sp³-hybridized carbons (Fsp3) is 0.100. The average molecular weight is 390 g/mol. The predicted molar refractivity (Wildman–Crippen MR) is 110 cm³/mol. The SMILES string of the molecule is Cc1nc(Nc2ccc(NC(=O)Cc3cccs3)cc2)cc(-n2cccn2)n1. The van der Waals surface area contributed by atoms with E-state index in [1.165, 1.54) is 0 Å². The molecule has 0 unspecified atom stereocenters. The summed E-state index contributed by atoms with van der Waals surface area (Å²) in [7, 11) is 0. The van der Waals surface area contributed by atoms with E-state index in [2.05, 4.69) is 25.7 Å². The lowest BCUT2D eigenvalue weighted by Crippen LogP contribution is -2.13. The molecule has 140 valence electrons. The van der Waals surface area contributed by atoms with E-state index >= 15 is 0 Å². The molecule has 2 N–H and O–H groups in total. The molecule has 0 radical (unpaired) electrons. The highest BCUT2D eigenvalue weighted by atomic mass is 32.1. The molecule has 8 heteroatoms. The van der Waals surface area contributed by atoms with E-state index in [0.29, 0.717) is 23.9 Å². The molecule has 0 bridgehead atoms. The number of aryl methyl sites for hydroxylation is 1. The largest absolute Gasteiger partial charge is 0.340 e. The Hall–Kier alpha value is -3.52. The Bertz CT molecular complexity index is 1060. The number of hydrogen-bond acceptors (Lipinski definition) is 6. The molecule has 0 aliphatic carbocycles. The molecule has 0 atom stereocenters. The maximum atomic E-state index is 12.1. The number of thiophene rings is 1. The first-order valence-electron chi connectivity index (χ1n) is 8.71. The summed E-state index contributed by atoms with van der Waals surface area (Å²) in [5.74, 6) is 1.98. The summed E-state index contributed by atoms with van der Waals surface area (Å²) in [5.41, 5.74) is 1.61. The summed E-state index contributed by atoms with van der Waals surface area (Å²) in [6.07, 6.45) is 3.92. The van der Waals surface area contributed by atoms with E-state index in [-0.39, 0.29) is 5.91 Å². The van der Waals surface area contributed by atoms with Crippen molar-refractivity contribution in [3.05, 3.63) is 77.0 Å². The van der Waals surface area contributed by atoms with Gasteiger partial charge in [-0.25, -0.2) is 14.6 Å². The van der Waals surface area contributed by atoms with Crippen LogP contribution >= 0.6 is 11.3 Å². The van der Waals surface area contributed by atoms with Gasteiger partial charge in [0.2, 0.25) is 5.91 Å². The summed E-state index contributed by atoms with van der Waals surface area (Å²) in [6, 6.07) is 15.1. The van der Waals surface area contributed by atoms with E-state index in [1.54, 1.807) is 22.2 Å². The molecule has 0 fully saturated rings. The highest BCUT2D eigenvalue weighted by Gasteiger charge is 2.07. The van der Waals surface area contributed by atoms with Gasteiger partial charge < -0.3 is 10.6 Å². The van der Waals surface area contributed by atoms with Crippen molar-refractivity contribution in [1.82, 2.24) is 19.7 Å². The molecule has 0 aliphatic heterocycles. The first-order valence-corrected chi connectivity index (χ1v) is 9.59. The molecule has 0 saturated carbocycles. The number of rotatable bonds is 6. The zero-order chi connectivity index (χ0) is 19.3. The number of amides is 1. The Balaban J connectivity index is 1.42. The molecule has 3 heterocycles. The molecule has 0 spiro atoms. The van der Waals surface area contributed by atoms with Crippen LogP contribution in [-0.4, -0.2) is 25.7 Å². The second kappa shape index (κ2) is 8.01. The zero-order valence-electron chi connectivity index (χ0n) is 15.2. The number of hydrogen-bond donors (Lipinski definition) is 2. The van der Waals surface area contributed by atoms with Crippen molar-refractivity contribution in [3.8, 4) is 5.82 Å². The number of carbonyl (C=O) groups is 1. The fourth-order valence-corrected chi connectivity index (χ4v) is 3.40. The van der Waals surface area contributed by atoms with Crippen molar-refractivity contribution in [2.75, 3.05) is 10.6 Å². The van der Waals surface area contributed by atoms with Crippen LogP contribution in [0.1, 0.15) is 10.7 Å². The highest BCUT2D eigenvalue weighted by Crippen LogP contribution is 2.19. The predicted octanol–water partition coefficient (Wildman–Crippen LogP) is 3.96. The number of carbonyl (C=O) groups excluding carboxylic acids is 1. The van der Waals surface area contributed by atoms with Gasteiger partial charge in [-0.2, -0.15) is 5.10 Å². The van der Waals surface area contributed by atoms with Crippen molar-refractivity contribution in [2.45, 2.75) is 13.3 Å². The minimum Gasteiger partial charge on any atom is -0.340 e. The van der Waals surface area contributed by atoms with Crippen LogP contribution in [0.4, 0.5) is 17.2 Å². The van der Waals surface area contributed by atoms with Gasteiger partial charge in [0.1, 0.15) is 11.6 Å². The Kier molecular flexibility index (Phi) is 5.11. The van der Waals surface area contributed by atoms with Crippen molar-refractivity contribution < 1.29 is 4.79 Å². The third-order valence-corrected chi connectivity index (χ3v) is 4.80. The number of nitrogens with one attached hydrogen (secondary N) is 2. The lowest BCUT2D eigenvalue weighted by atomic mass is 10.2. The molecule has 4 rings (SSSR count). The van der Waals surface area contributed by atoms with Crippen LogP contribution in [0.2, 0.25) is 0 Å². The average Bonchev–Trinajstić information content (AvgIpc) is 3.37. The molecule has 28 heavy (non-hydrogen) atoms. The van der Waals surface area contributed by atoms with Crippen molar-refractivity contribution in [3.63, 3.8) is 0 Å². The number of anilines is 3. The topological polar surface area (TPSA) is 84.7 Å². The Labute approximate surface area is 166 Å². The van der Waals surface area contributed by atoms with Gasteiger partial charge in [-0.15, -0.1) is 11.3 Å². The van der Waals surface area contributed by atoms with Gasteiger partial charge in [-0.3, -0.25) is 4.79 Å². The minimum absolute atomic E-state index is 0.0292. The van der Waals surface area contributed by atoms with Crippen LogP contribution in [-0.2, 0) is 11.2 Å². The molecular formula is C20H18N6OS. The highest BCUT2D eigenvalue weighted by molar-refractivity contribution is 7.10. The quantitative estimate of drug-likeness (QED) is 0.521. The minimum atomic E-state index is -0.0292. The maximum Gasteiger partial charge on any atom is 0.229 e. The van der Waals surface area contributed by atoms with Crippen molar-refractivity contribution in [2.24, 2.45) is 0 Å². The van der Waals surface area contributed by atoms with E-state index < -0.39 is 0 Å². The van der Waals surface area contributed by atoms with Crippen LogP contribution in [0.25, 0.3) is 5.82 Å². The summed E-state index contributed by atoms with van der Waals surface area (Å²) < 4.78 is 1.69. The lowest BCUT2D eigenvalue weighted by molar-refractivity contribution is -0.115. The van der Waals surface area contributed by atoms with Gasteiger partial charge >= 0.3 is 0 Å². The summed E-state index contributed by atoms with van der Waals surface area (Å²) in [5, 5.41) is 12.3. The van der Waals surface area contributed by atoms with Gasteiger partial charge in [0.15, 0.2) is 5.82 Å². The van der Waals surface area contributed by atoms with E-state index in [0.717, 1.165) is 16.3 Å². The Morgan fingerprint density at radius 3 is 2.64 bits per heavy atom. The number of benzene rings is 1. The molecule has 0 aliphatic rings. The summed E-state index contributed by atoms with van der Waals surface area (Å²) in [4.78, 5) is 22.0. The fourth-order valence-electron chi connectivity index (χ4n) is 2.70. The Morgan fingerprint density at radius 1 is 1.11 bits per heavy atom. The van der Waals surface area contributed by atoms with E-state index in [1.807, 2.05) is 67.0 Å². The number of aromatic nitrogens is 4. The second-order valence-electron chi connectivity index (χ2n) is 6.12. The third kappa shape index (κ3) is 4.41. The van der Waals surface area contributed by atoms with Crippen LogP contribution in [0.3, 0.4) is 0 Å². The molecule has 0 saturated heterocycles. The van der Waals surface area contributed by atoms with E-state index in [4.69, 9.17) is 0 Å². The molecule has 4 aromatic rings. The normalized spacial score (nSPS) is 10.6. The van der Waals surface area contributed by atoms with Crippen molar-refractivity contribution in [1.29, 1.82) is 0 Å². The molecule has 1 aromatic carbocycles. The smallest absolute Gasteiger partial charge is 0.229 e. The standard InChI is InChI=1S/C20H18N6OS/c1-14-22-18(13-19(23-14)26-10-3-9-21-26)24-15-5-7-16(8-6-15)25-20(27)12-17-4-2-11-28-17/h2-11,13H,12H2,1H3,(H,25,27)(H,22,23,24). The van der Waals surface area contributed by atoms with Gasteiger partial charge in [0.05, 0.1) is 6.42 Å². The van der Waals surface area contributed by atoms with Gasteiger partial charge in [0.25, 0.3) is 0 Å². The van der Waals surface area contributed by atoms with Crippen LogP contribution in [0, 0.1) is 6.92 Å². The third-order valence-electron chi connectivity index (χ3n) is 3.92. The first-order chi connectivity index (χ1) is 13.7. The molecular weight excluding hydrogens is 372 g/mol. The monoisotopic (exact) mass is 390 g/mol. The van der Waals surface area contributed by atoms with Gasteiger partial charge in [-0.05, 0) is 48.7 Å². The first kappa shape index (κ1) is 17.9. The summed E-state index contributed by atoms with van der Waals surface area (Å²) >= 11 is 1.58. The van der Waals surface area contributed by atoms with E-state index in [9.17, 15) is 4.79 Å². The van der Waals surface area contributed by atoms with Gasteiger partial charge in [0, 0.05) is 34.7 Å². The van der Waals surface area contributed by atoms with Crippen LogP contribution in [0.5, 0.6) is 0 Å². The molecule has 3 aromatic heterocycles. The molecule has 7 nitrogen and oxygen atoms in total. The Morgan fingerprint density at radius 2 is 1.93 bits per heavy atom. The van der Waals surface area contributed by atoms with Gasteiger partial charge in [-0.1, -0.05) is 6.07 Å². The maximum absolute atomic E-state index is 12.1. The number of nitrogens with zero attached hydrogens (tertiary/aromatic N) is 4. The van der Waals surface area contributed by atoms with Crippen LogP contribution in [0.15, 0.2) is 66.3 Å².